The molecule has 7 heteroatoms. The molecule has 0 aliphatic heterocycles. The van der Waals surface area contributed by atoms with Gasteiger partial charge in [0.05, 0.1) is 22.0 Å². The van der Waals surface area contributed by atoms with E-state index in [1.54, 1.807) is 7.11 Å². The minimum atomic E-state index is -4.69. The van der Waals surface area contributed by atoms with E-state index in [0.717, 1.165) is 5.75 Å². The van der Waals surface area contributed by atoms with Crippen molar-refractivity contribution in [3.8, 4) is 37.8 Å². The Labute approximate surface area is 186 Å². The molecular weight excluding hydrogens is 436 g/mol. The highest BCUT2D eigenvalue weighted by Crippen LogP contribution is 2.40. The van der Waals surface area contributed by atoms with Crippen molar-refractivity contribution in [2.24, 2.45) is 0 Å². The number of halogens is 1. The van der Waals surface area contributed by atoms with Gasteiger partial charge in [-0.2, -0.15) is 14.0 Å². The molecule has 0 unspecified atom stereocenters. The fourth-order valence-corrected chi connectivity index (χ4v) is 4.15. The minimum Gasteiger partial charge on any atom is -0.497 e. The largest absolute Gasteiger partial charge is 0.497 e. The van der Waals surface area contributed by atoms with E-state index in [1.165, 1.54) is 32.0 Å². The molecule has 4 rings (SSSR count). The summed E-state index contributed by atoms with van der Waals surface area (Å²) in [6.45, 7) is 0. The van der Waals surface area contributed by atoms with Crippen LogP contribution in [0.2, 0.25) is 0 Å². The van der Waals surface area contributed by atoms with E-state index in [1.807, 2.05) is 23.5 Å². The van der Waals surface area contributed by atoms with Crippen LogP contribution in [0, 0.1) is 10.2 Å². The third-order valence-corrected chi connectivity index (χ3v) is 5.60. The first-order chi connectivity index (χ1) is 14.8. The van der Waals surface area contributed by atoms with Crippen LogP contribution < -0.4 is 18.7 Å². The molecule has 0 saturated carbocycles. The van der Waals surface area contributed by atoms with Gasteiger partial charge in [-0.05, 0) is 48.0 Å². The molecule has 0 aliphatic rings. The van der Waals surface area contributed by atoms with Gasteiger partial charge in [0.15, 0.2) is 0 Å². The van der Waals surface area contributed by atoms with Crippen LogP contribution in [-0.2, 0) is 0 Å². The molecule has 158 valence electrons. The zero-order valence-corrected chi connectivity index (χ0v) is 18.2. The van der Waals surface area contributed by atoms with Crippen LogP contribution in [0.3, 0.4) is 0 Å². The Hall–Kier alpha value is -2.84. The van der Waals surface area contributed by atoms with Crippen molar-refractivity contribution < 1.29 is 33.6 Å². The molecule has 0 radical (unpaired) electrons. The van der Waals surface area contributed by atoms with E-state index in [2.05, 4.69) is 84.9 Å². The smallest absolute Gasteiger partial charge is 0.246 e. The fourth-order valence-electron chi connectivity index (χ4n) is 2.99. The zero-order chi connectivity index (χ0) is 22.3. The lowest BCUT2D eigenvalue weighted by atomic mass is 10.0. The highest BCUT2D eigenvalue weighted by molar-refractivity contribution is 7.18. The third kappa shape index (κ3) is 6.83. The van der Waals surface area contributed by atoms with Crippen LogP contribution in [0.15, 0.2) is 97.1 Å². The maximum absolute atomic E-state index is 8.60. The molecule has 0 spiro atoms. The van der Waals surface area contributed by atoms with E-state index >= 15 is 0 Å². The topological polar surface area (TPSA) is 98.6 Å². The Bertz CT molecular complexity index is 1090. The van der Waals surface area contributed by atoms with Gasteiger partial charge < -0.3 is 4.74 Å². The summed E-state index contributed by atoms with van der Waals surface area (Å²) in [4.78, 5) is 2.54. The van der Waals surface area contributed by atoms with Crippen LogP contribution in [0.4, 0.5) is 0 Å². The molecular formula is C24H20ClO5S+. The van der Waals surface area contributed by atoms with E-state index in [-0.39, 0.29) is 0 Å². The Balaban J connectivity index is 0.000000491. The molecule has 3 aromatic carbocycles. The maximum Gasteiger partial charge on any atom is 0.246 e. The maximum atomic E-state index is 8.60. The van der Waals surface area contributed by atoms with Crippen LogP contribution in [0.1, 0.15) is 0 Å². The van der Waals surface area contributed by atoms with Crippen LogP contribution >= 0.6 is 11.3 Å². The van der Waals surface area contributed by atoms with Crippen molar-refractivity contribution in [1.82, 2.24) is 0 Å². The Morgan fingerprint density at radius 1 is 0.677 bits per heavy atom. The molecule has 0 aliphatic carbocycles. The predicted octanol–water partition coefficient (Wildman–Crippen LogP) is 2.91. The molecule has 5 nitrogen and oxygen atoms in total. The molecule has 1 N–H and O–H groups in total. The second kappa shape index (κ2) is 10.5. The summed E-state index contributed by atoms with van der Waals surface area (Å²) in [5, 5.41) is 0. The highest BCUT2D eigenvalue weighted by Gasteiger charge is 2.21. The summed E-state index contributed by atoms with van der Waals surface area (Å²) in [6.07, 6.45) is 0. The predicted molar refractivity (Wildman–Crippen MR) is 114 cm³/mol. The molecule has 1 aromatic heterocycles. The fraction of sp³-hybridized carbons (Fsp3) is 0.0417. The quantitative estimate of drug-likeness (QED) is 0.477. The van der Waals surface area contributed by atoms with Crippen molar-refractivity contribution in [3.63, 3.8) is 0 Å². The lowest BCUT2D eigenvalue weighted by molar-refractivity contribution is -1.92. The first-order valence-corrected chi connectivity index (χ1v) is 11.3. The van der Waals surface area contributed by atoms with Crippen molar-refractivity contribution in [2.45, 2.75) is 0 Å². The molecule has 0 atom stereocenters. The van der Waals surface area contributed by atoms with E-state index in [4.69, 9.17) is 23.4 Å². The van der Waals surface area contributed by atoms with Gasteiger partial charge in [0.25, 0.3) is 0 Å². The van der Waals surface area contributed by atoms with Gasteiger partial charge in [0, 0.05) is 22.8 Å². The normalized spacial score (nSPS) is 10.7. The number of hydrogen-bond donors (Lipinski definition) is 1. The van der Waals surface area contributed by atoms with Gasteiger partial charge in [-0.15, -0.1) is 0 Å². The average molecular weight is 456 g/mol. The average Bonchev–Trinajstić information content (AvgIpc) is 2.79. The Kier molecular flexibility index (Phi) is 7.70. The summed E-state index contributed by atoms with van der Waals surface area (Å²) >= 11 is 1.83. The highest BCUT2D eigenvalue weighted by atomic mass is 35.7. The number of hydrogen-bond acceptors (Lipinski definition) is 5. The van der Waals surface area contributed by atoms with E-state index in [0.29, 0.717) is 0 Å². The third-order valence-electron chi connectivity index (χ3n) is 4.35. The Morgan fingerprint density at radius 2 is 1.19 bits per heavy atom. The van der Waals surface area contributed by atoms with Gasteiger partial charge in [-0.25, -0.2) is 0 Å². The van der Waals surface area contributed by atoms with Crippen LogP contribution in [0.25, 0.3) is 32.0 Å². The SMILES string of the molecule is COc1ccc(-c2ccc(-c3ccccc3)[s+]c2-c2ccccc2)cc1.[O-][Cl+3]([O-])([O-])O. The Morgan fingerprint density at radius 3 is 1.71 bits per heavy atom. The monoisotopic (exact) mass is 455 g/mol. The lowest BCUT2D eigenvalue weighted by Gasteiger charge is -2.05. The van der Waals surface area contributed by atoms with Gasteiger partial charge in [0.1, 0.15) is 5.75 Å². The molecule has 0 bridgehead atoms. The summed E-state index contributed by atoms with van der Waals surface area (Å²) in [6, 6.07) is 33.8. The van der Waals surface area contributed by atoms with Crippen molar-refractivity contribution in [1.29, 1.82) is 0 Å². The number of benzene rings is 3. The molecule has 0 fully saturated rings. The lowest BCUT2D eigenvalue weighted by Crippen LogP contribution is -2.58. The van der Waals surface area contributed by atoms with Gasteiger partial charge in [-0.1, -0.05) is 48.5 Å². The molecule has 4 aromatic rings. The summed E-state index contributed by atoms with van der Waals surface area (Å²) < 4.78 is 38.0. The molecule has 31 heavy (non-hydrogen) atoms. The first kappa shape index (κ1) is 22.8. The molecule has 1 heterocycles. The number of methoxy groups -OCH3 is 1. The number of ether oxygens (including phenoxy) is 1. The second-order valence-corrected chi connectivity index (χ2v) is 8.24. The molecule has 0 saturated heterocycles. The van der Waals surface area contributed by atoms with E-state index < -0.39 is 10.2 Å². The van der Waals surface area contributed by atoms with Gasteiger partial charge in [-0.3, -0.25) is 0 Å². The van der Waals surface area contributed by atoms with Crippen LogP contribution in [-0.4, -0.2) is 11.8 Å². The van der Waals surface area contributed by atoms with E-state index in [9.17, 15) is 0 Å². The summed E-state index contributed by atoms with van der Waals surface area (Å²) in [7, 11) is -3.00. The minimum absolute atomic E-state index is 0.875. The van der Waals surface area contributed by atoms with Gasteiger partial charge in [0.2, 0.25) is 21.1 Å². The zero-order valence-electron chi connectivity index (χ0n) is 16.6. The second-order valence-electron chi connectivity index (χ2n) is 6.40. The summed E-state index contributed by atoms with van der Waals surface area (Å²) in [5.41, 5.74) is 4.92. The first-order valence-electron chi connectivity index (χ1n) is 9.21. The van der Waals surface area contributed by atoms with Crippen molar-refractivity contribution in [3.05, 3.63) is 97.1 Å². The summed E-state index contributed by atoms with van der Waals surface area (Å²) in [5.74, 6) is 0.875. The van der Waals surface area contributed by atoms with Gasteiger partial charge >= 0.3 is 0 Å². The molecule has 0 amide bonds. The van der Waals surface area contributed by atoms with Crippen LogP contribution in [0.5, 0.6) is 5.75 Å². The van der Waals surface area contributed by atoms with Crippen molar-refractivity contribution in [2.75, 3.05) is 7.11 Å². The van der Waals surface area contributed by atoms with Crippen molar-refractivity contribution >= 4 is 11.3 Å². The number of rotatable bonds is 4. The standard InChI is InChI=1S/C24H19OS.ClHO4/c1-25-21-14-12-18(13-15-21)22-16-17-23(19-8-4-2-5-9-19)26-24(22)20-10-6-3-7-11-20;2-1(3,4)5/h2-17H,1H3;(H,2,3,4,5)/q+1;.